The number of rotatable bonds is 0. The third kappa shape index (κ3) is 1.41. The van der Waals surface area contributed by atoms with Gasteiger partial charge in [-0.3, -0.25) is 0 Å². The summed E-state index contributed by atoms with van der Waals surface area (Å²) in [5, 5.41) is 5.14. The van der Waals surface area contributed by atoms with Gasteiger partial charge in [-0.1, -0.05) is 0 Å². The number of hydrogen-bond donors (Lipinski definition) is 2. The summed E-state index contributed by atoms with van der Waals surface area (Å²) in [5.74, 6) is 0. The summed E-state index contributed by atoms with van der Waals surface area (Å²) < 4.78 is 0. The molecule has 0 aromatic rings. The van der Waals surface area contributed by atoms with Gasteiger partial charge in [-0.2, -0.15) is 0 Å². The summed E-state index contributed by atoms with van der Waals surface area (Å²) in [7, 11) is 0. The van der Waals surface area contributed by atoms with Crippen molar-refractivity contribution in [3.05, 3.63) is 0 Å². The third-order valence-corrected chi connectivity index (χ3v) is 0.696. The highest BCUT2D eigenvalue weighted by Crippen LogP contribution is 1.69. The Morgan fingerprint density at radius 2 is 1.71 bits per heavy atom. The van der Waals surface area contributed by atoms with Crippen LogP contribution in [0, 0.1) is 0 Å². The Hall–Kier alpha value is -0.770. The zero-order valence-corrected chi connectivity index (χ0v) is 3.82. The standard InChI is InChI=1S/C3H6N2O.H2O/c6-3-4-1-2-5-3;/h1-2H2,(H2,4,5,6);1H2. The Labute approximate surface area is 41.2 Å². The van der Waals surface area contributed by atoms with Gasteiger partial charge < -0.3 is 16.1 Å². The van der Waals surface area contributed by atoms with Gasteiger partial charge >= 0.3 is 6.03 Å². The van der Waals surface area contributed by atoms with Gasteiger partial charge in [0, 0.05) is 13.1 Å². The van der Waals surface area contributed by atoms with Crippen molar-refractivity contribution >= 4 is 6.03 Å². The molecule has 4 N–H and O–H groups in total. The van der Waals surface area contributed by atoms with Gasteiger partial charge in [0.15, 0.2) is 0 Å². The molecular weight excluding hydrogens is 96.0 g/mol. The number of carbonyl (C=O) groups excluding carboxylic acids is 1. The number of nitrogens with one attached hydrogen (secondary N) is 2. The van der Waals surface area contributed by atoms with Crippen LogP contribution in [0.3, 0.4) is 0 Å². The van der Waals surface area contributed by atoms with Crippen molar-refractivity contribution < 1.29 is 10.3 Å². The molecule has 0 radical (unpaired) electrons. The lowest BCUT2D eigenvalue weighted by Crippen LogP contribution is -2.20. The Balaban J connectivity index is 0.000000360. The van der Waals surface area contributed by atoms with Gasteiger partial charge in [0.2, 0.25) is 0 Å². The van der Waals surface area contributed by atoms with Crippen LogP contribution in [-0.2, 0) is 0 Å². The van der Waals surface area contributed by atoms with E-state index in [0.717, 1.165) is 13.1 Å². The van der Waals surface area contributed by atoms with E-state index >= 15 is 0 Å². The number of carbonyl (C=O) groups is 1. The van der Waals surface area contributed by atoms with Crippen LogP contribution in [0.4, 0.5) is 4.79 Å². The SMILES string of the molecule is O.O=C1NCCN1. The van der Waals surface area contributed by atoms with Gasteiger partial charge in [-0.25, -0.2) is 4.79 Å². The first-order valence-electron chi connectivity index (χ1n) is 1.91. The van der Waals surface area contributed by atoms with E-state index in [-0.39, 0.29) is 11.5 Å². The first-order valence-corrected chi connectivity index (χ1v) is 1.91. The first-order chi connectivity index (χ1) is 2.89. The topological polar surface area (TPSA) is 72.6 Å². The van der Waals surface area contributed by atoms with Crippen LogP contribution >= 0.6 is 0 Å². The van der Waals surface area contributed by atoms with Crippen molar-refractivity contribution in [3.8, 4) is 0 Å². The molecule has 1 fully saturated rings. The van der Waals surface area contributed by atoms with Crippen molar-refractivity contribution in [2.45, 2.75) is 0 Å². The molecule has 1 saturated heterocycles. The first kappa shape index (κ1) is 6.23. The fraction of sp³-hybridized carbons (Fsp3) is 0.667. The van der Waals surface area contributed by atoms with Crippen LogP contribution in [0.1, 0.15) is 0 Å². The minimum absolute atomic E-state index is 0. The van der Waals surface area contributed by atoms with Gasteiger partial charge in [0.1, 0.15) is 0 Å². The molecule has 4 heteroatoms. The highest BCUT2D eigenvalue weighted by Gasteiger charge is 2.02. The monoisotopic (exact) mass is 104 g/mol. The maximum absolute atomic E-state index is 10.0. The molecule has 0 aliphatic carbocycles. The Morgan fingerprint density at radius 3 is 1.86 bits per heavy atom. The van der Waals surface area contributed by atoms with Crippen LogP contribution in [-0.4, -0.2) is 24.6 Å². The maximum Gasteiger partial charge on any atom is 0.314 e. The van der Waals surface area contributed by atoms with E-state index in [0.29, 0.717) is 0 Å². The average molecular weight is 104 g/mol. The molecule has 2 amide bonds. The Kier molecular flexibility index (Phi) is 2.15. The molecule has 1 rings (SSSR count). The van der Waals surface area contributed by atoms with E-state index < -0.39 is 0 Å². The predicted molar refractivity (Wildman–Crippen MR) is 25.0 cm³/mol. The molecule has 1 heterocycles. The lowest BCUT2D eigenvalue weighted by atomic mass is 10.7. The van der Waals surface area contributed by atoms with E-state index in [1.165, 1.54) is 0 Å². The van der Waals surface area contributed by atoms with Crippen LogP contribution in [0.5, 0.6) is 0 Å². The number of urea groups is 1. The summed E-state index contributed by atoms with van der Waals surface area (Å²) in [6, 6.07) is -0.0463. The number of hydrogen-bond acceptors (Lipinski definition) is 1. The summed E-state index contributed by atoms with van der Waals surface area (Å²) in [6.45, 7) is 1.55. The fourth-order valence-corrected chi connectivity index (χ4v) is 0.415. The minimum Gasteiger partial charge on any atom is -0.412 e. The largest absolute Gasteiger partial charge is 0.412 e. The van der Waals surface area contributed by atoms with Crippen molar-refractivity contribution in [2.24, 2.45) is 0 Å². The molecule has 4 nitrogen and oxygen atoms in total. The van der Waals surface area contributed by atoms with E-state index in [2.05, 4.69) is 10.6 Å². The fourth-order valence-electron chi connectivity index (χ4n) is 0.415. The minimum atomic E-state index is -0.0463. The molecule has 0 aromatic carbocycles. The smallest absolute Gasteiger partial charge is 0.314 e. The maximum atomic E-state index is 10.0. The molecular formula is C3H8N2O2. The van der Waals surface area contributed by atoms with Crippen molar-refractivity contribution in [1.82, 2.24) is 10.6 Å². The molecule has 42 valence electrons. The second kappa shape index (κ2) is 2.41. The van der Waals surface area contributed by atoms with Crippen LogP contribution in [0.25, 0.3) is 0 Å². The summed E-state index contributed by atoms with van der Waals surface area (Å²) >= 11 is 0. The lowest BCUT2D eigenvalue weighted by molar-refractivity contribution is 0.248. The molecule has 0 atom stereocenters. The third-order valence-electron chi connectivity index (χ3n) is 0.696. The molecule has 0 unspecified atom stereocenters. The molecule has 0 saturated carbocycles. The zero-order valence-electron chi connectivity index (χ0n) is 3.82. The van der Waals surface area contributed by atoms with Crippen molar-refractivity contribution in [2.75, 3.05) is 13.1 Å². The quantitative estimate of drug-likeness (QED) is 0.384. The van der Waals surface area contributed by atoms with Crippen molar-refractivity contribution in [1.29, 1.82) is 0 Å². The van der Waals surface area contributed by atoms with Crippen molar-refractivity contribution in [3.63, 3.8) is 0 Å². The molecule has 7 heavy (non-hydrogen) atoms. The highest BCUT2D eigenvalue weighted by atomic mass is 16.2. The summed E-state index contributed by atoms with van der Waals surface area (Å²) in [6.07, 6.45) is 0. The van der Waals surface area contributed by atoms with Crippen LogP contribution < -0.4 is 10.6 Å². The van der Waals surface area contributed by atoms with E-state index in [4.69, 9.17) is 0 Å². The van der Waals surface area contributed by atoms with Crippen LogP contribution in [0.15, 0.2) is 0 Å². The van der Waals surface area contributed by atoms with Gasteiger partial charge in [-0.05, 0) is 0 Å². The second-order valence-corrected chi connectivity index (χ2v) is 1.18. The number of amides is 2. The van der Waals surface area contributed by atoms with Gasteiger partial charge in [0.25, 0.3) is 0 Å². The van der Waals surface area contributed by atoms with Crippen LogP contribution in [0.2, 0.25) is 0 Å². The Morgan fingerprint density at radius 1 is 1.29 bits per heavy atom. The molecule has 0 bridgehead atoms. The van der Waals surface area contributed by atoms with E-state index in [1.54, 1.807) is 0 Å². The summed E-state index contributed by atoms with van der Waals surface area (Å²) in [5.41, 5.74) is 0. The highest BCUT2D eigenvalue weighted by molar-refractivity contribution is 5.75. The molecule has 0 aromatic heterocycles. The predicted octanol–water partition coefficient (Wildman–Crippen LogP) is -1.53. The second-order valence-electron chi connectivity index (χ2n) is 1.18. The van der Waals surface area contributed by atoms with E-state index in [9.17, 15) is 4.79 Å². The molecule has 1 aliphatic heterocycles. The zero-order chi connectivity index (χ0) is 4.41. The summed E-state index contributed by atoms with van der Waals surface area (Å²) in [4.78, 5) is 10.0. The normalized spacial score (nSPS) is 16.9. The van der Waals surface area contributed by atoms with E-state index in [1.807, 2.05) is 0 Å². The lowest BCUT2D eigenvalue weighted by Gasteiger charge is -1.80. The van der Waals surface area contributed by atoms with Gasteiger partial charge in [0.05, 0.1) is 0 Å². The Bertz CT molecular complexity index is 65.3. The van der Waals surface area contributed by atoms with Gasteiger partial charge in [-0.15, -0.1) is 0 Å². The average Bonchev–Trinajstić information content (AvgIpc) is 1.86. The molecule has 1 aliphatic rings. The molecule has 0 spiro atoms.